The van der Waals surface area contributed by atoms with Gasteiger partial charge in [-0.3, -0.25) is 20.2 Å². The minimum Gasteiger partial charge on any atom is -0.443 e. The van der Waals surface area contributed by atoms with Gasteiger partial charge in [0.2, 0.25) is 10.0 Å². The highest BCUT2D eigenvalue weighted by Crippen LogP contribution is 2.33. The molecule has 2 saturated heterocycles. The smallest absolute Gasteiger partial charge is 0.407 e. The van der Waals surface area contributed by atoms with Crippen LogP contribution in [0.25, 0.3) is 0 Å². The van der Waals surface area contributed by atoms with Crippen LogP contribution in [0, 0.1) is 72.5 Å². The van der Waals surface area contributed by atoms with Gasteiger partial charge >= 0.3 is 6.09 Å². The molecule has 0 saturated carbocycles. The lowest BCUT2D eigenvalue weighted by Gasteiger charge is -2.33. The molecule has 18 nitrogen and oxygen atoms in total. The standard InChI is InChI=1S/C25H37N3O5.C18H27N3O4S.C7H7NO2/c1-25(2,11-6-7-12-26)17-27-15-21(29)20(14-18-8-4-3-5-9-18)28-24(30)33-22-16-32-23-19(22)10-13-31-23;1-15(2)13-20(14-18(3,4)10-5-6-11-19)26(24,25)17-9-7-8-16(12-17)21(22)23;1-6-3-2-4-7(5-6)8(9)10/h3-5,8-9,19-23,27,29H,6-7,10-11,13-17H2,1-2H3,(H,28,30);7-9,12,15H,5-6,10,13-14H2,1-4H3;2-5H,1H3/t19?,20-,21?,22?,23?;;/m0../s1. The normalized spacial score (nSPS) is 17.5. The van der Waals surface area contributed by atoms with E-state index in [9.17, 15) is 38.5 Å². The van der Waals surface area contributed by atoms with Crippen LogP contribution in [-0.4, -0.2) is 97.7 Å². The summed E-state index contributed by atoms with van der Waals surface area (Å²) in [5.74, 6) is 0.177. The van der Waals surface area contributed by atoms with Crippen molar-refractivity contribution in [2.75, 3.05) is 39.4 Å². The fourth-order valence-corrected chi connectivity index (χ4v) is 9.79. The fourth-order valence-electron chi connectivity index (χ4n) is 7.96. The second-order valence-electron chi connectivity index (χ2n) is 19.5. The minimum atomic E-state index is -3.85. The average molecular weight is 978 g/mol. The van der Waals surface area contributed by atoms with Crippen LogP contribution in [0.4, 0.5) is 16.2 Å². The number of nitrogens with one attached hydrogen (secondary N) is 2. The molecule has 2 aliphatic rings. The third-order valence-electron chi connectivity index (χ3n) is 11.6. The first-order valence-electron chi connectivity index (χ1n) is 23.4. The minimum absolute atomic E-state index is 0.0141. The van der Waals surface area contributed by atoms with E-state index in [-0.39, 0.29) is 51.3 Å². The van der Waals surface area contributed by atoms with Crippen molar-refractivity contribution in [2.24, 2.45) is 22.7 Å². The molecule has 5 rings (SSSR count). The number of benzene rings is 3. The van der Waals surface area contributed by atoms with Crippen molar-refractivity contribution in [1.29, 1.82) is 10.5 Å². The topological polar surface area (TPSA) is 260 Å². The Hall–Kier alpha value is -5.54. The molecular formula is C50H71N7O11S. The lowest BCUT2D eigenvalue weighted by molar-refractivity contribution is -0.385. The maximum Gasteiger partial charge on any atom is 0.407 e. The lowest BCUT2D eigenvalue weighted by atomic mass is 9.87. The number of nitro benzene ring substituents is 2. The first kappa shape index (κ1) is 57.8. The number of ether oxygens (including phenoxy) is 3. The molecule has 0 aliphatic carbocycles. The highest BCUT2D eigenvalue weighted by Gasteiger charge is 2.44. The molecule has 2 heterocycles. The molecule has 3 aromatic rings. The Morgan fingerprint density at radius 1 is 0.913 bits per heavy atom. The molecule has 0 spiro atoms. The number of non-ortho nitro benzene ring substituents is 2. The summed E-state index contributed by atoms with van der Waals surface area (Å²) in [4.78, 5) is 32.8. The zero-order valence-electron chi connectivity index (χ0n) is 41.0. The Balaban J connectivity index is 0.000000310. The van der Waals surface area contributed by atoms with E-state index in [1.807, 2.05) is 71.0 Å². The Bertz CT molecular complexity index is 2280. The van der Waals surface area contributed by atoms with Crippen molar-refractivity contribution < 1.29 is 42.4 Å². The van der Waals surface area contributed by atoms with Gasteiger partial charge in [0.1, 0.15) is 6.10 Å². The Morgan fingerprint density at radius 2 is 1.52 bits per heavy atom. The Morgan fingerprint density at radius 3 is 2.10 bits per heavy atom. The van der Waals surface area contributed by atoms with Gasteiger partial charge in [0.15, 0.2) is 6.29 Å². The van der Waals surface area contributed by atoms with Crippen LogP contribution >= 0.6 is 0 Å². The number of amides is 1. The maximum atomic E-state index is 13.1. The number of nitriles is 2. The van der Waals surface area contributed by atoms with Crippen molar-refractivity contribution in [2.45, 2.75) is 129 Å². The number of carbonyl (C=O) groups excluding carboxylic acids is 1. The van der Waals surface area contributed by atoms with Gasteiger partial charge in [-0.15, -0.1) is 0 Å². The summed E-state index contributed by atoms with van der Waals surface area (Å²) < 4.78 is 44.3. The number of aliphatic hydroxyl groups excluding tert-OH is 1. The molecular weight excluding hydrogens is 907 g/mol. The number of unbranched alkanes of at least 4 members (excludes halogenated alkanes) is 2. The van der Waals surface area contributed by atoms with E-state index in [4.69, 9.17) is 24.7 Å². The first-order chi connectivity index (χ1) is 32.6. The quantitative estimate of drug-likeness (QED) is 0.0457. The predicted molar refractivity (Wildman–Crippen MR) is 261 cm³/mol. The van der Waals surface area contributed by atoms with E-state index in [2.05, 4.69) is 36.6 Å². The maximum absolute atomic E-state index is 13.1. The van der Waals surface area contributed by atoms with E-state index in [1.54, 1.807) is 12.1 Å². The van der Waals surface area contributed by atoms with Gasteiger partial charge in [-0.25, -0.2) is 13.2 Å². The SMILES string of the molecule is CC(C)(CCCC#N)CNCC(O)[C@H](Cc1ccccc1)NC(=O)OC1COC2OCCC12.CC(C)CN(CC(C)(C)CCCC#N)S(=O)(=O)c1cccc([N+](=O)[O-])c1.Cc1cccc([N+](=O)[O-])c1. The Labute approximate surface area is 407 Å². The van der Waals surface area contributed by atoms with Crippen molar-refractivity contribution in [3.63, 3.8) is 0 Å². The molecule has 0 bridgehead atoms. The number of rotatable bonds is 23. The number of sulfonamides is 1. The van der Waals surface area contributed by atoms with E-state index in [1.165, 1.54) is 28.6 Å². The summed E-state index contributed by atoms with van der Waals surface area (Å²) >= 11 is 0. The number of fused-ring (bicyclic) bond motifs is 1. The molecule has 19 heteroatoms. The first-order valence-corrected chi connectivity index (χ1v) is 24.8. The van der Waals surface area contributed by atoms with Crippen molar-refractivity contribution in [3.05, 3.63) is 110 Å². The largest absolute Gasteiger partial charge is 0.443 e. The molecule has 2 fully saturated rings. The van der Waals surface area contributed by atoms with Crippen molar-refractivity contribution >= 4 is 27.5 Å². The highest BCUT2D eigenvalue weighted by atomic mass is 32.2. The molecule has 69 heavy (non-hydrogen) atoms. The van der Waals surface area contributed by atoms with Crippen molar-refractivity contribution in [3.8, 4) is 12.1 Å². The van der Waals surface area contributed by atoms with Gasteiger partial charge in [0.25, 0.3) is 11.4 Å². The number of hydrogen-bond donors (Lipinski definition) is 3. The second kappa shape index (κ2) is 28.2. The average Bonchev–Trinajstić information content (AvgIpc) is 3.92. The summed E-state index contributed by atoms with van der Waals surface area (Å²) in [7, 11) is -3.85. The summed E-state index contributed by atoms with van der Waals surface area (Å²) in [5.41, 5.74) is 1.55. The second-order valence-corrected chi connectivity index (χ2v) is 21.4. The van der Waals surface area contributed by atoms with Gasteiger partial charge in [-0.1, -0.05) is 90.1 Å². The highest BCUT2D eigenvalue weighted by molar-refractivity contribution is 7.89. The van der Waals surface area contributed by atoms with E-state index < -0.39 is 38.1 Å². The van der Waals surface area contributed by atoms with E-state index in [0.29, 0.717) is 65.1 Å². The van der Waals surface area contributed by atoms with Crippen LogP contribution < -0.4 is 10.6 Å². The Kier molecular flexibility index (Phi) is 23.6. The summed E-state index contributed by atoms with van der Waals surface area (Å²) in [6.07, 6.45) is 3.54. The monoisotopic (exact) mass is 977 g/mol. The molecule has 0 radical (unpaired) electrons. The lowest BCUT2D eigenvalue weighted by Crippen LogP contribution is -2.50. The van der Waals surface area contributed by atoms with Crippen molar-refractivity contribution in [1.82, 2.24) is 14.9 Å². The zero-order valence-corrected chi connectivity index (χ0v) is 41.9. The summed E-state index contributed by atoms with van der Waals surface area (Å²) in [6.45, 7) is 16.5. The summed E-state index contributed by atoms with van der Waals surface area (Å²) in [5, 5.41) is 55.7. The van der Waals surface area contributed by atoms with Crippen LogP contribution in [0.2, 0.25) is 0 Å². The van der Waals surface area contributed by atoms with Crippen LogP contribution in [-0.2, 0) is 30.7 Å². The fraction of sp³-hybridized carbons (Fsp3) is 0.580. The molecule has 4 unspecified atom stereocenters. The molecule has 3 aromatic carbocycles. The summed E-state index contributed by atoms with van der Waals surface area (Å²) in [6, 6.07) is 25.2. The number of aryl methyl sites for hydroxylation is 1. The van der Waals surface area contributed by atoms with Gasteiger partial charge < -0.3 is 30.0 Å². The molecule has 3 N–H and O–H groups in total. The zero-order chi connectivity index (χ0) is 51.2. The molecule has 1 amide bonds. The number of carbonyl (C=O) groups is 1. The number of nitro groups is 2. The molecule has 2 aliphatic heterocycles. The third kappa shape index (κ3) is 20.5. The van der Waals surface area contributed by atoms with Crippen LogP contribution in [0.5, 0.6) is 0 Å². The van der Waals surface area contributed by atoms with Gasteiger partial charge in [-0.2, -0.15) is 14.8 Å². The van der Waals surface area contributed by atoms with E-state index >= 15 is 0 Å². The molecule has 378 valence electrons. The number of hydrogen-bond acceptors (Lipinski definition) is 14. The number of alkyl carbamates (subject to hydrolysis) is 1. The van der Waals surface area contributed by atoms with Gasteiger partial charge in [0.05, 0.1) is 58.2 Å². The van der Waals surface area contributed by atoms with Gasteiger partial charge in [-0.05, 0) is 79.4 Å². The van der Waals surface area contributed by atoms with Crippen LogP contribution in [0.1, 0.15) is 97.6 Å². The molecule has 5 atom stereocenters. The van der Waals surface area contributed by atoms with Gasteiger partial charge in [0, 0.05) is 63.3 Å². The predicted octanol–water partition coefficient (Wildman–Crippen LogP) is 8.62. The van der Waals surface area contributed by atoms with Crippen LogP contribution in [0.15, 0.2) is 83.8 Å². The number of nitrogens with zero attached hydrogens (tertiary/aromatic N) is 5. The van der Waals surface area contributed by atoms with Crippen LogP contribution in [0.3, 0.4) is 0 Å². The van der Waals surface area contributed by atoms with E-state index in [0.717, 1.165) is 42.9 Å². The third-order valence-corrected chi connectivity index (χ3v) is 13.4. The molecule has 0 aromatic heterocycles. The number of aliphatic hydroxyl groups is 1.